The molecule has 94 valence electrons. The average molecular weight is 226 g/mol. The van der Waals surface area contributed by atoms with Gasteiger partial charge in [0.15, 0.2) is 0 Å². The molecule has 0 amide bonds. The van der Waals surface area contributed by atoms with Crippen LogP contribution < -0.4 is 5.73 Å². The number of nitrogens with zero attached hydrogens (tertiary/aromatic N) is 1. The van der Waals surface area contributed by atoms with Crippen molar-refractivity contribution in [3.05, 3.63) is 0 Å². The van der Waals surface area contributed by atoms with Crippen molar-refractivity contribution in [1.82, 2.24) is 4.90 Å². The Labute approximate surface area is 99.0 Å². The van der Waals surface area contributed by atoms with Crippen LogP contribution in [0.15, 0.2) is 0 Å². The maximum Gasteiger partial charge on any atom is 0.0446 e. The van der Waals surface area contributed by atoms with E-state index in [0.29, 0.717) is 0 Å². The third kappa shape index (κ3) is 2.96. The minimum absolute atomic E-state index is 0.159. The Balaban J connectivity index is 1.82. The van der Waals surface area contributed by atoms with E-state index in [-0.39, 0.29) is 12.6 Å². The van der Waals surface area contributed by atoms with Crippen LogP contribution in [-0.2, 0) is 0 Å². The highest BCUT2D eigenvalue weighted by molar-refractivity contribution is 4.88. The average Bonchev–Trinajstić information content (AvgIpc) is 2.86. The van der Waals surface area contributed by atoms with Crippen molar-refractivity contribution in [2.45, 2.75) is 57.0 Å². The minimum atomic E-state index is 0.159. The summed E-state index contributed by atoms with van der Waals surface area (Å²) in [5.74, 6) is 0.934. The monoisotopic (exact) mass is 226 g/mol. The number of nitrogens with two attached hydrogens (primary N) is 1. The highest BCUT2D eigenvalue weighted by atomic mass is 16.3. The molecule has 3 N–H and O–H groups in total. The number of likely N-dealkylation sites (tertiary alicyclic amines) is 1. The SMILES string of the molecule is NC(CCO)CN1CCCC1C1CCCC1. The van der Waals surface area contributed by atoms with Gasteiger partial charge in [-0.1, -0.05) is 12.8 Å². The van der Waals surface area contributed by atoms with E-state index in [1.165, 1.54) is 45.1 Å². The van der Waals surface area contributed by atoms with Crippen molar-refractivity contribution < 1.29 is 5.11 Å². The van der Waals surface area contributed by atoms with Gasteiger partial charge in [0, 0.05) is 25.2 Å². The summed E-state index contributed by atoms with van der Waals surface area (Å²) < 4.78 is 0. The fourth-order valence-electron chi connectivity index (χ4n) is 3.51. The summed E-state index contributed by atoms with van der Waals surface area (Å²) in [6.45, 7) is 2.44. The highest BCUT2D eigenvalue weighted by Gasteiger charge is 2.33. The van der Waals surface area contributed by atoms with Crippen molar-refractivity contribution in [2.24, 2.45) is 11.7 Å². The van der Waals surface area contributed by atoms with Gasteiger partial charge in [0.2, 0.25) is 0 Å². The molecular formula is C13H26N2O. The zero-order valence-corrected chi connectivity index (χ0v) is 10.3. The smallest absolute Gasteiger partial charge is 0.0446 e. The summed E-state index contributed by atoms with van der Waals surface area (Å²) in [7, 11) is 0. The number of rotatable bonds is 5. The van der Waals surface area contributed by atoms with Crippen LogP contribution in [0.3, 0.4) is 0 Å². The zero-order valence-electron chi connectivity index (χ0n) is 10.3. The van der Waals surface area contributed by atoms with Crippen molar-refractivity contribution in [3.63, 3.8) is 0 Å². The molecule has 2 fully saturated rings. The highest BCUT2D eigenvalue weighted by Crippen LogP contribution is 2.35. The molecule has 1 saturated carbocycles. The van der Waals surface area contributed by atoms with Gasteiger partial charge in [-0.25, -0.2) is 0 Å². The van der Waals surface area contributed by atoms with Crippen LogP contribution in [0.25, 0.3) is 0 Å². The molecule has 3 nitrogen and oxygen atoms in total. The van der Waals surface area contributed by atoms with Crippen LogP contribution in [0.2, 0.25) is 0 Å². The first kappa shape index (κ1) is 12.3. The Hall–Kier alpha value is -0.120. The molecule has 0 spiro atoms. The van der Waals surface area contributed by atoms with Gasteiger partial charge in [-0.3, -0.25) is 4.90 Å². The second-order valence-electron chi connectivity index (χ2n) is 5.52. The lowest BCUT2D eigenvalue weighted by Crippen LogP contribution is -2.43. The van der Waals surface area contributed by atoms with Crippen LogP contribution >= 0.6 is 0 Å². The van der Waals surface area contributed by atoms with Crippen molar-refractivity contribution >= 4 is 0 Å². The lowest BCUT2D eigenvalue weighted by Gasteiger charge is -2.31. The second-order valence-corrected chi connectivity index (χ2v) is 5.52. The van der Waals surface area contributed by atoms with Crippen LogP contribution in [0.1, 0.15) is 44.9 Å². The summed E-state index contributed by atoms with van der Waals surface area (Å²) in [5.41, 5.74) is 6.02. The third-order valence-corrected chi connectivity index (χ3v) is 4.33. The Bertz CT molecular complexity index is 204. The van der Waals surface area contributed by atoms with E-state index >= 15 is 0 Å². The van der Waals surface area contributed by atoms with Crippen LogP contribution in [0.4, 0.5) is 0 Å². The summed E-state index contributed by atoms with van der Waals surface area (Å²) in [5, 5.41) is 8.89. The molecule has 0 aromatic heterocycles. The molecule has 1 heterocycles. The van der Waals surface area contributed by atoms with Crippen molar-refractivity contribution in [3.8, 4) is 0 Å². The van der Waals surface area contributed by atoms with Gasteiger partial charge in [-0.15, -0.1) is 0 Å². The Kier molecular flexibility index (Phi) is 4.62. The molecule has 1 aliphatic carbocycles. The van der Waals surface area contributed by atoms with E-state index in [0.717, 1.165) is 24.9 Å². The predicted octanol–water partition coefficient (Wildman–Crippen LogP) is 1.35. The topological polar surface area (TPSA) is 49.5 Å². The molecule has 0 bridgehead atoms. The molecule has 3 heteroatoms. The van der Waals surface area contributed by atoms with E-state index in [2.05, 4.69) is 4.90 Å². The summed E-state index contributed by atoms with van der Waals surface area (Å²) in [4.78, 5) is 2.59. The van der Waals surface area contributed by atoms with Gasteiger partial charge in [-0.2, -0.15) is 0 Å². The Morgan fingerprint density at radius 2 is 1.94 bits per heavy atom. The molecular weight excluding hydrogens is 200 g/mol. The van der Waals surface area contributed by atoms with Crippen LogP contribution in [0.5, 0.6) is 0 Å². The minimum Gasteiger partial charge on any atom is -0.396 e. The van der Waals surface area contributed by atoms with Gasteiger partial charge >= 0.3 is 0 Å². The number of aliphatic hydroxyl groups is 1. The fourth-order valence-corrected chi connectivity index (χ4v) is 3.51. The van der Waals surface area contributed by atoms with E-state index in [1.54, 1.807) is 0 Å². The summed E-state index contributed by atoms with van der Waals surface area (Å²) >= 11 is 0. The molecule has 1 aliphatic heterocycles. The maximum atomic E-state index is 8.89. The number of hydrogen-bond donors (Lipinski definition) is 2. The largest absolute Gasteiger partial charge is 0.396 e. The maximum absolute atomic E-state index is 8.89. The molecule has 16 heavy (non-hydrogen) atoms. The molecule has 0 aromatic rings. The normalized spacial score (nSPS) is 30.0. The predicted molar refractivity (Wildman–Crippen MR) is 66.2 cm³/mol. The summed E-state index contributed by atoms with van der Waals surface area (Å²) in [6, 6.07) is 0.958. The van der Waals surface area contributed by atoms with E-state index < -0.39 is 0 Å². The van der Waals surface area contributed by atoms with E-state index in [1.807, 2.05) is 0 Å². The Morgan fingerprint density at radius 3 is 2.62 bits per heavy atom. The quantitative estimate of drug-likeness (QED) is 0.744. The molecule has 0 aromatic carbocycles. The van der Waals surface area contributed by atoms with Crippen molar-refractivity contribution in [2.75, 3.05) is 19.7 Å². The van der Waals surface area contributed by atoms with Gasteiger partial charge in [0.25, 0.3) is 0 Å². The lowest BCUT2D eigenvalue weighted by molar-refractivity contribution is 0.170. The van der Waals surface area contributed by atoms with Crippen molar-refractivity contribution in [1.29, 1.82) is 0 Å². The summed E-state index contributed by atoms with van der Waals surface area (Å²) in [6.07, 6.45) is 9.17. The lowest BCUT2D eigenvalue weighted by atomic mass is 9.95. The molecule has 2 atom stereocenters. The van der Waals surface area contributed by atoms with Gasteiger partial charge in [0.1, 0.15) is 0 Å². The Morgan fingerprint density at radius 1 is 1.19 bits per heavy atom. The zero-order chi connectivity index (χ0) is 11.4. The van der Waals surface area contributed by atoms with E-state index in [4.69, 9.17) is 10.8 Å². The van der Waals surface area contributed by atoms with Crippen LogP contribution in [-0.4, -0.2) is 41.8 Å². The second kappa shape index (κ2) is 5.99. The first-order valence-corrected chi connectivity index (χ1v) is 6.91. The van der Waals surface area contributed by atoms with Gasteiger partial charge < -0.3 is 10.8 Å². The first-order valence-electron chi connectivity index (χ1n) is 6.91. The first-order chi connectivity index (χ1) is 7.81. The van der Waals surface area contributed by atoms with Crippen LogP contribution in [0, 0.1) is 5.92 Å². The third-order valence-electron chi connectivity index (χ3n) is 4.33. The number of aliphatic hydroxyl groups excluding tert-OH is 1. The molecule has 2 unspecified atom stereocenters. The fraction of sp³-hybridized carbons (Fsp3) is 1.00. The van der Waals surface area contributed by atoms with E-state index in [9.17, 15) is 0 Å². The van der Waals surface area contributed by atoms with Gasteiger partial charge in [-0.05, 0) is 44.6 Å². The standard InChI is InChI=1S/C13H26N2O/c14-12(7-9-16)10-15-8-3-6-13(15)11-4-1-2-5-11/h11-13,16H,1-10,14H2. The molecule has 2 rings (SSSR count). The molecule has 0 radical (unpaired) electrons. The van der Waals surface area contributed by atoms with Gasteiger partial charge in [0.05, 0.1) is 0 Å². The molecule has 1 saturated heterocycles. The number of hydrogen-bond acceptors (Lipinski definition) is 3. The molecule has 2 aliphatic rings.